The van der Waals surface area contributed by atoms with Gasteiger partial charge in [-0.05, 0) is 12.1 Å². The Morgan fingerprint density at radius 3 is 2.94 bits per heavy atom. The van der Waals surface area contributed by atoms with Crippen LogP contribution in [0.15, 0.2) is 18.2 Å². The fourth-order valence-corrected chi connectivity index (χ4v) is 2.03. The first-order valence-electron chi connectivity index (χ1n) is 4.91. The highest BCUT2D eigenvalue weighted by molar-refractivity contribution is 14.1. The van der Waals surface area contributed by atoms with Gasteiger partial charge in [-0.3, -0.25) is 4.79 Å². The molecule has 6 heteroatoms. The number of benzene rings is 1. The summed E-state index contributed by atoms with van der Waals surface area (Å²) >= 11 is 7.83. The van der Waals surface area contributed by atoms with Crippen molar-refractivity contribution >= 4 is 40.2 Å². The maximum atomic E-state index is 13.4. The minimum absolute atomic E-state index is 0.280. The first kappa shape index (κ1) is 14.7. The van der Waals surface area contributed by atoms with Crippen LogP contribution in [0.2, 0.25) is 5.02 Å². The van der Waals surface area contributed by atoms with Crippen LogP contribution in [0.1, 0.15) is 5.56 Å². The molecule has 1 aromatic carbocycles. The third-order valence-corrected chi connectivity index (χ3v) is 3.45. The Balaban J connectivity index is 2.49. The van der Waals surface area contributed by atoms with Gasteiger partial charge in [0.2, 0.25) is 0 Å². The Bertz CT molecular complexity index is 383. The zero-order chi connectivity index (χ0) is 12.8. The summed E-state index contributed by atoms with van der Waals surface area (Å²) in [5.74, 6) is -0.661. The topological polar surface area (TPSA) is 38.3 Å². The third kappa shape index (κ3) is 4.40. The highest BCUT2D eigenvalue weighted by atomic mass is 127. The summed E-state index contributed by atoms with van der Waals surface area (Å²) in [7, 11) is 1.34. The number of halogens is 3. The van der Waals surface area contributed by atoms with Gasteiger partial charge in [-0.2, -0.15) is 0 Å². The van der Waals surface area contributed by atoms with Crippen molar-refractivity contribution in [1.82, 2.24) is 5.32 Å². The van der Waals surface area contributed by atoms with Gasteiger partial charge < -0.3 is 10.1 Å². The summed E-state index contributed by atoms with van der Waals surface area (Å²) in [6, 6.07) is 4.53. The number of nitrogens with one attached hydrogen (secondary N) is 1. The van der Waals surface area contributed by atoms with Crippen LogP contribution >= 0.6 is 34.2 Å². The molecular formula is C11H12ClFINO2. The number of hydrogen-bond donors (Lipinski definition) is 1. The molecule has 0 spiro atoms. The average Bonchev–Trinajstić information content (AvgIpc) is 2.31. The van der Waals surface area contributed by atoms with E-state index in [9.17, 15) is 9.18 Å². The predicted molar refractivity (Wildman–Crippen MR) is 72.9 cm³/mol. The molecule has 0 saturated heterocycles. The van der Waals surface area contributed by atoms with E-state index in [0.717, 1.165) is 0 Å². The monoisotopic (exact) mass is 371 g/mol. The van der Waals surface area contributed by atoms with Gasteiger partial charge in [-0.1, -0.05) is 40.3 Å². The molecule has 0 saturated carbocycles. The Hall–Kier alpha value is -0.400. The van der Waals surface area contributed by atoms with Crippen LogP contribution in [0, 0.1) is 5.82 Å². The van der Waals surface area contributed by atoms with Gasteiger partial charge >= 0.3 is 5.97 Å². The highest BCUT2D eigenvalue weighted by Gasteiger charge is 2.14. The molecular weight excluding hydrogens is 359 g/mol. The number of alkyl halides is 1. The molecule has 0 aliphatic rings. The van der Waals surface area contributed by atoms with E-state index >= 15 is 0 Å². The lowest BCUT2D eigenvalue weighted by atomic mass is 10.2. The molecule has 0 radical (unpaired) electrons. The molecule has 1 atom stereocenters. The first-order chi connectivity index (χ1) is 8.06. The molecule has 1 aromatic rings. The molecule has 1 unspecified atom stereocenters. The highest BCUT2D eigenvalue weighted by Crippen LogP contribution is 2.18. The number of carbonyl (C=O) groups excluding carboxylic acids is 1. The molecule has 0 aliphatic heterocycles. The van der Waals surface area contributed by atoms with Crippen LogP contribution < -0.4 is 5.32 Å². The van der Waals surface area contributed by atoms with Crippen molar-refractivity contribution in [2.75, 3.05) is 13.7 Å². The number of methoxy groups -OCH3 is 1. The average molecular weight is 372 g/mol. The van der Waals surface area contributed by atoms with Gasteiger partial charge in [-0.25, -0.2) is 4.39 Å². The van der Waals surface area contributed by atoms with Crippen LogP contribution in [0.25, 0.3) is 0 Å². The second-order valence-electron chi connectivity index (χ2n) is 3.32. The molecule has 0 amide bonds. The van der Waals surface area contributed by atoms with Gasteiger partial charge in [-0.15, -0.1) is 0 Å². The Morgan fingerprint density at radius 2 is 2.35 bits per heavy atom. The maximum absolute atomic E-state index is 13.4. The van der Waals surface area contributed by atoms with E-state index in [2.05, 4.69) is 10.1 Å². The third-order valence-electron chi connectivity index (χ3n) is 2.14. The van der Waals surface area contributed by atoms with Crippen molar-refractivity contribution in [1.29, 1.82) is 0 Å². The normalized spacial score (nSPS) is 12.2. The number of esters is 1. The predicted octanol–water partition coefficient (Wildman–Crippen LogP) is 2.55. The lowest BCUT2D eigenvalue weighted by molar-refractivity contribution is -0.139. The lowest BCUT2D eigenvalue weighted by Gasteiger charge is -2.10. The number of hydrogen-bond acceptors (Lipinski definition) is 3. The summed E-state index contributed by atoms with van der Waals surface area (Å²) in [6.07, 6.45) is 0. The minimum Gasteiger partial charge on any atom is -0.468 e. The second kappa shape index (κ2) is 7.13. The van der Waals surface area contributed by atoms with Crippen molar-refractivity contribution in [3.8, 4) is 0 Å². The van der Waals surface area contributed by atoms with E-state index in [-0.39, 0.29) is 22.3 Å². The smallest absolute Gasteiger partial charge is 0.319 e. The molecule has 0 fully saturated rings. The molecule has 0 aromatic heterocycles. The summed E-state index contributed by atoms with van der Waals surface area (Å²) in [5, 5.41) is 3.34. The van der Waals surface area contributed by atoms with E-state index in [1.54, 1.807) is 12.1 Å². The molecule has 3 nitrogen and oxygen atoms in total. The van der Waals surface area contributed by atoms with Gasteiger partial charge in [0.05, 0.1) is 7.11 Å². The number of ether oxygens (including phenoxy) is 1. The summed E-state index contributed by atoms with van der Waals surface area (Å²) in [5.41, 5.74) is 0.405. The van der Waals surface area contributed by atoms with Gasteiger partial charge in [0.1, 0.15) is 9.74 Å². The molecule has 17 heavy (non-hydrogen) atoms. The molecule has 1 N–H and O–H groups in total. The van der Waals surface area contributed by atoms with Crippen LogP contribution in [0.5, 0.6) is 0 Å². The van der Waals surface area contributed by atoms with Crippen LogP contribution in [-0.4, -0.2) is 23.5 Å². The Morgan fingerprint density at radius 1 is 1.65 bits per heavy atom. The largest absolute Gasteiger partial charge is 0.468 e. The summed E-state index contributed by atoms with van der Waals surface area (Å²) < 4.78 is 17.7. The fraction of sp³-hybridized carbons (Fsp3) is 0.364. The zero-order valence-electron chi connectivity index (χ0n) is 9.17. The molecule has 94 valence electrons. The second-order valence-corrected chi connectivity index (χ2v) is 5.23. The Labute approximate surface area is 118 Å². The van der Waals surface area contributed by atoms with Gasteiger partial charge in [0.15, 0.2) is 0 Å². The van der Waals surface area contributed by atoms with Crippen molar-refractivity contribution in [3.05, 3.63) is 34.6 Å². The van der Waals surface area contributed by atoms with Crippen LogP contribution in [0.4, 0.5) is 4.39 Å². The minimum atomic E-state index is -0.354. The van der Waals surface area contributed by atoms with Gasteiger partial charge in [0, 0.05) is 23.7 Å². The summed E-state index contributed by atoms with van der Waals surface area (Å²) in [4.78, 5) is 11.1. The van der Waals surface area contributed by atoms with Crippen molar-refractivity contribution < 1.29 is 13.9 Å². The zero-order valence-corrected chi connectivity index (χ0v) is 12.1. The standard InChI is InChI=1S/C11H12ClFINO2/c1-17-11(16)10(14)6-15-5-7-8(12)3-2-4-9(7)13/h2-4,10,15H,5-6H2,1H3. The molecule has 0 bridgehead atoms. The van der Waals surface area contributed by atoms with E-state index in [0.29, 0.717) is 17.1 Å². The molecule has 0 heterocycles. The molecule has 0 aliphatic carbocycles. The number of carbonyl (C=O) groups is 1. The van der Waals surface area contributed by atoms with Crippen molar-refractivity contribution in [2.24, 2.45) is 0 Å². The fourth-order valence-electron chi connectivity index (χ4n) is 1.24. The van der Waals surface area contributed by atoms with Gasteiger partial charge in [0.25, 0.3) is 0 Å². The van der Waals surface area contributed by atoms with E-state index < -0.39 is 0 Å². The van der Waals surface area contributed by atoms with Crippen LogP contribution in [-0.2, 0) is 16.1 Å². The maximum Gasteiger partial charge on any atom is 0.319 e. The summed E-state index contributed by atoms with van der Waals surface area (Å²) in [6.45, 7) is 0.680. The number of rotatable bonds is 5. The lowest BCUT2D eigenvalue weighted by Crippen LogP contribution is -2.29. The van der Waals surface area contributed by atoms with Crippen molar-refractivity contribution in [3.63, 3.8) is 0 Å². The van der Waals surface area contributed by atoms with Crippen molar-refractivity contribution in [2.45, 2.75) is 10.5 Å². The van der Waals surface area contributed by atoms with E-state index in [1.807, 2.05) is 22.6 Å². The van der Waals surface area contributed by atoms with Crippen LogP contribution in [0.3, 0.4) is 0 Å². The first-order valence-corrected chi connectivity index (χ1v) is 6.54. The molecule has 1 rings (SSSR count). The van der Waals surface area contributed by atoms with E-state index in [4.69, 9.17) is 11.6 Å². The quantitative estimate of drug-likeness (QED) is 0.491. The van der Waals surface area contributed by atoms with E-state index in [1.165, 1.54) is 13.2 Å². The SMILES string of the molecule is COC(=O)C(I)CNCc1c(F)cccc1Cl. The Kier molecular flexibility index (Phi) is 6.15.